The molecule has 2 aromatic carbocycles. The molecule has 0 aliphatic heterocycles. The van der Waals surface area contributed by atoms with Crippen molar-refractivity contribution in [3.8, 4) is 0 Å². The number of aryl methyl sites for hydroxylation is 2. The van der Waals surface area contributed by atoms with Crippen LogP contribution in [0.3, 0.4) is 0 Å². The van der Waals surface area contributed by atoms with Crippen LogP contribution in [0, 0.1) is 19.7 Å². The first-order valence-electron chi connectivity index (χ1n) is 8.95. The molecular weight excluding hydrogens is 395 g/mol. The molecular formula is C21H20ClFN4O2. The monoisotopic (exact) mass is 414 g/mol. The zero-order chi connectivity index (χ0) is 21.0. The lowest BCUT2D eigenvalue weighted by atomic mass is 10.2. The molecule has 8 heteroatoms. The van der Waals surface area contributed by atoms with Crippen LogP contribution >= 0.6 is 11.6 Å². The van der Waals surface area contributed by atoms with Crippen LogP contribution in [0.2, 0.25) is 5.02 Å². The number of hydrogen-bond acceptors (Lipinski definition) is 4. The highest BCUT2D eigenvalue weighted by molar-refractivity contribution is 6.31. The smallest absolute Gasteiger partial charge is 0.255 e. The number of nitrogens with one attached hydrogen (secondary N) is 2. The first-order chi connectivity index (χ1) is 13.8. The van der Waals surface area contributed by atoms with Gasteiger partial charge in [-0.05, 0) is 49.2 Å². The van der Waals surface area contributed by atoms with Gasteiger partial charge in [-0.15, -0.1) is 0 Å². The largest absolute Gasteiger partial charge is 0.350 e. The number of rotatable bonds is 6. The van der Waals surface area contributed by atoms with Gasteiger partial charge in [0.05, 0.1) is 0 Å². The van der Waals surface area contributed by atoms with Crippen LogP contribution < -0.4 is 16.2 Å². The van der Waals surface area contributed by atoms with E-state index in [4.69, 9.17) is 11.6 Å². The molecule has 0 saturated heterocycles. The third-order valence-corrected chi connectivity index (χ3v) is 4.65. The quantitative estimate of drug-likeness (QED) is 0.644. The summed E-state index contributed by atoms with van der Waals surface area (Å²) in [7, 11) is 0. The Bertz CT molecular complexity index is 1110. The summed E-state index contributed by atoms with van der Waals surface area (Å²) in [6.45, 7) is 3.34. The first kappa shape index (κ1) is 20.5. The van der Waals surface area contributed by atoms with E-state index in [2.05, 4.69) is 15.6 Å². The maximum atomic E-state index is 13.5. The van der Waals surface area contributed by atoms with Crippen molar-refractivity contribution >= 4 is 29.1 Å². The molecule has 1 heterocycles. The summed E-state index contributed by atoms with van der Waals surface area (Å²) in [5.74, 6) is -0.492. The van der Waals surface area contributed by atoms with Gasteiger partial charge in [0.2, 0.25) is 11.9 Å². The molecule has 1 aromatic heterocycles. The molecule has 0 spiro atoms. The average molecular weight is 415 g/mol. The van der Waals surface area contributed by atoms with Crippen LogP contribution in [0.1, 0.15) is 16.8 Å². The molecule has 0 bridgehead atoms. The van der Waals surface area contributed by atoms with E-state index in [1.807, 2.05) is 12.1 Å². The Balaban J connectivity index is 1.79. The van der Waals surface area contributed by atoms with Crippen LogP contribution in [-0.2, 0) is 17.9 Å². The Kier molecular flexibility index (Phi) is 6.29. The summed E-state index contributed by atoms with van der Waals surface area (Å²) in [5, 5.41) is 6.30. The van der Waals surface area contributed by atoms with Gasteiger partial charge in [-0.2, -0.15) is 0 Å². The number of carbonyl (C=O) groups excluding carboxylic acids is 1. The first-order valence-corrected chi connectivity index (χ1v) is 9.33. The summed E-state index contributed by atoms with van der Waals surface area (Å²) < 4.78 is 14.7. The lowest BCUT2D eigenvalue weighted by Gasteiger charge is -2.15. The van der Waals surface area contributed by atoms with Crippen molar-refractivity contribution in [1.82, 2.24) is 14.9 Å². The van der Waals surface area contributed by atoms with Gasteiger partial charge in [0.1, 0.15) is 12.4 Å². The molecule has 0 saturated carbocycles. The van der Waals surface area contributed by atoms with E-state index in [9.17, 15) is 14.0 Å². The van der Waals surface area contributed by atoms with Crippen molar-refractivity contribution in [2.24, 2.45) is 0 Å². The van der Waals surface area contributed by atoms with Gasteiger partial charge in [0.25, 0.3) is 5.56 Å². The minimum atomic E-state index is -0.369. The molecule has 0 unspecified atom stereocenters. The maximum Gasteiger partial charge on any atom is 0.255 e. The number of aromatic nitrogens is 2. The highest BCUT2D eigenvalue weighted by Gasteiger charge is 2.13. The molecule has 0 fully saturated rings. The molecule has 0 atom stereocenters. The van der Waals surface area contributed by atoms with E-state index in [0.29, 0.717) is 22.0 Å². The minimum Gasteiger partial charge on any atom is -0.350 e. The maximum absolute atomic E-state index is 13.5. The number of halogens is 2. The van der Waals surface area contributed by atoms with Crippen LogP contribution in [0.25, 0.3) is 0 Å². The third kappa shape index (κ3) is 5.20. The van der Waals surface area contributed by atoms with Crippen molar-refractivity contribution in [3.63, 3.8) is 0 Å². The fourth-order valence-electron chi connectivity index (χ4n) is 2.76. The Hall–Kier alpha value is -3.19. The summed E-state index contributed by atoms with van der Waals surface area (Å²) in [5.41, 5.74) is 1.92. The SMILES string of the molecule is Cc1cc(=O)n(CC(=O)NCc2ccccc2Cl)c(Nc2ccc(F)c(C)c2)n1. The molecule has 0 aliphatic carbocycles. The van der Waals surface area contributed by atoms with E-state index >= 15 is 0 Å². The average Bonchev–Trinajstić information content (AvgIpc) is 2.67. The second-order valence-corrected chi connectivity index (χ2v) is 7.01. The van der Waals surface area contributed by atoms with Crippen molar-refractivity contribution in [2.45, 2.75) is 26.9 Å². The van der Waals surface area contributed by atoms with E-state index in [1.54, 1.807) is 38.1 Å². The second-order valence-electron chi connectivity index (χ2n) is 6.60. The van der Waals surface area contributed by atoms with Crippen molar-refractivity contribution < 1.29 is 9.18 Å². The standard InChI is InChI=1S/C21H20ClFN4O2/c1-13-9-16(7-8-18(13)23)26-21-25-14(2)10-20(29)27(21)12-19(28)24-11-15-5-3-4-6-17(15)22/h3-10H,11-12H2,1-2H3,(H,24,28)(H,25,26). The van der Waals surface area contributed by atoms with E-state index < -0.39 is 0 Å². The number of anilines is 2. The molecule has 3 rings (SSSR count). The zero-order valence-corrected chi connectivity index (χ0v) is 16.8. The molecule has 2 N–H and O–H groups in total. The van der Waals surface area contributed by atoms with Gasteiger partial charge in [-0.25, -0.2) is 9.37 Å². The fraction of sp³-hybridized carbons (Fsp3) is 0.190. The zero-order valence-electron chi connectivity index (χ0n) is 16.0. The Morgan fingerprint density at radius 3 is 2.66 bits per heavy atom. The summed E-state index contributed by atoms with van der Waals surface area (Å²) in [6, 6.07) is 13.0. The molecule has 6 nitrogen and oxygen atoms in total. The molecule has 29 heavy (non-hydrogen) atoms. The van der Waals surface area contributed by atoms with E-state index in [1.165, 1.54) is 16.7 Å². The molecule has 1 amide bonds. The number of amides is 1. The lowest BCUT2D eigenvalue weighted by molar-refractivity contribution is -0.121. The van der Waals surface area contributed by atoms with Gasteiger partial charge in [-0.1, -0.05) is 29.8 Å². The van der Waals surface area contributed by atoms with Gasteiger partial charge < -0.3 is 10.6 Å². The van der Waals surface area contributed by atoms with Crippen molar-refractivity contribution in [2.75, 3.05) is 5.32 Å². The predicted octanol–water partition coefficient (Wildman–Crippen LogP) is 3.71. The summed E-state index contributed by atoms with van der Waals surface area (Å²) in [6.07, 6.45) is 0. The number of benzene rings is 2. The van der Waals surface area contributed by atoms with Crippen molar-refractivity contribution in [1.29, 1.82) is 0 Å². The van der Waals surface area contributed by atoms with E-state index in [0.717, 1.165) is 5.56 Å². The number of hydrogen-bond donors (Lipinski definition) is 2. The Labute approximate surface area is 172 Å². The number of carbonyl (C=O) groups is 1. The van der Waals surface area contributed by atoms with Crippen LogP contribution in [-0.4, -0.2) is 15.5 Å². The summed E-state index contributed by atoms with van der Waals surface area (Å²) in [4.78, 5) is 29.2. The summed E-state index contributed by atoms with van der Waals surface area (Å²) >= 11 is 6.10. The van der Waals surface area contributed by atoms with Crippen LogP contribution in [0.15, 0.2) is 53.3 Å². The van der Waals surface area contributed by atoms with Gasteiger partial charge in [0, 0.05) is 29.0 Å². The van der Waals surface area contributed by atoms with Gasteiger partial charge in [-0.3, -0.25) is 14.2 Å². The van der Waals surface area contributed by atoms with Gasteiger partial charge >= 0.3 is 0 Å². The van der Waals surface area contributed by atoms with Crippen molar-refractivity contribution in [3.05, 3.63) is 86.5 Å². The second kappa shape index (κ2) is 8.87. The Morgan fingerprint density at radius 1 is 1.17 bits per heavy atom. The minimum absolute atomic E-state index is 0.203. The fourth-order valence-corrected chi connectivity index (χ4v) is 2.96. The highest BCUT2D eigenvalue weighted by atomic mass is 35.5. The Morgan fingerprint density at radius 2 is 1.93 bits per heavy atom. The van der Waals surface area contributed by atoms with E-state index in [-0.39, 0.29) is 36.3 Å². The van der Waals surface area contributed by atoms with Gasteiger partial charge in [0.15, 0.2) is 0 Å². The predicted molar refractivity (Wildman–Crippen MR) is 111 cm³/mol. The highest BCUT2D eigenvalue weighted by Crippen LogP contribution is 2.18. The number of nitrogens with zero attached hydrogens (tertiary/aromatic N) is 2. The molecule has 150 valence electrons. The topological polar surface area (TPSA) is 76.0 Å². The lowest BCUT2D eigenvalue weighted by Crippen LogP contribution is -2.33. The molecule has 3 aromatic rings. The molecule has 0 radical (unpaired) electrons. The third-order valence-electron chi connectivity index (χ3n) is 4.29. The van der Waals surface area contributed by atoms with Crippen LogP contribution in [0.5, 0.6) is 0 Å². The molecule has 0 aliphatic rings. The normalized spacial score (nSPS) is 10.6. The van der Waals surface area contributed by atoms with Crippen LogP contribution in [0.4, 0.5) is 16.0 Å².